The molecule has 2 nitrogen and oxygen atoms in total. The van der Waals surface area contributed by atoms with Crippen LogP contribution in [-0.4, -0.2) is 24.0 Å². The third-order valence-electron chi connectivity index (χ3n) is 4.49. The predicted octanol–water partition coefficient (Wildman–Crippen LogP) is 4.57. The third kappa shape index (κ3) is 5.08. The highest BCUT2D eigenvalue weighted by Gasteiger charge is 2.23. The van der Waals surface area contributed by atoms with Crippen LogP contribution in [0.25, 0.3) is 0 Å². The van der Waals surface area contributed by atoms with Gasteiger partial charge in [0.2, 0.25) is 0 Å². The van der Waals surface area contributed by atoms with E-state index < -0.39 is 0 Å². The van der Waals surface area contributed by atoms with Gasteiger partial charge in [0, 0.05) is 30.1 Å². The maximum Gasteiger partial charge on any atom is 0.0247 e. The molecule has 1 aliphatic heterocycles. The molecule has 0 spiro atoms. The molecule has 1 fully saturated rings. The topological polar surface area (TPSA) is 15.3 Å². The first-order chi connectivity index (χ1) is 10.1. The molecule has 0 radical (unpaired) electrons. The van der Waals surface area contributed by atoms with Crippen molar-refractivity contribution >= 4 is 15.9 Å². The Hall–Kier alpha value is -0.380. The summed E-state index contributed by atoms with van der Waals surface area (Å²) in [5, 5.41) is 3.46. The van der Waals surface area contributed by atoms with E-state index in [0.717, 1.165) is 25.6 Å². The summed E-state index contributed by atoms with van der Waals surface area (Å²) in [7, 11) is 0. The van der Waals surface area contributed by atoms with E-state index >= 15 is 0 Å². The Morgan fingerprint density at radius 1 is 1.29 bits per heavy atom. The van der Waals surface area contributed by atoms with Crippen molar-refractivity contribution < 1.29 is 0 Å². The van der Waals surface area contributed by atoms with Gasteiger partial charge in [0.15, 0.2) is 0 Å². The Morgan fingerprint density at radius 2 is 2.10 bits per heavy atom. The minimum atomic E-state index is 0.707. The maximum absolute atomic E-state index is 3.76. The van der Waals surface area contributed by atoms with E-state index in [2.05, 4.69) is 65.1 Å². The summed E-state index contributed by atoms with van der Waals surface area (Å²) in [6.07, 6.45) is 3.89. The molecule has 0 aliphatic carbocycles. The number of benzene rings is 1. The summed E-state index contributed by atoms with van der Waals surface area (Å²) in [4.78, 5) is 2.63. The molecule has 2 rings (SSSR count). The second kappa shape index (κ2) is 8.30. The van der Waals surface area contributed by atoms with E-state index in [1.54, 1.807) is 0 Å². The molecular weight excluding hydrogens is 324 g/mol. The lowest BCUT2D eigenvalue weighted by Crippen LogP contribution is -2.40. The normalized spacial score (nSPS) is 23.4. The van der Waals surface area contributed by atoms with E-state index in [4.69, 9.17) is 0 Å². The second-order valence-corrected chi connectivity index (χ2v) is 7.42. The number of halogens is 1. The molecule has 1 heterocycles. The van der Waals surface area contributed by atoms with Crippen LogP contribution >= 0.6 is 15.9 Å². The Kier molecular flexibility index (Phi) is 6.72. The number of rotatable bonds is 6. The lowest BCUT2D eigenvalue weighted by atomic mass is 9.94. The number of hydrogen-bond acceptors (Lipinski definition) is 2. The Bertz CT molecular complexity index is 447. The van der Waals surface area contributed by atoms with Gasteiger partial charge in [0.25, 0.3) is 0 Å². The number of nitrogens with zero attached hydrogens (tertiary/aromatic N) is 1. The van der Waals surface area contributed by atoms with Gasteiger partial charge in [-0.2, -0.15) is 0 Å². The van der Waals surface area contributed by atoms with Crippen LogP contribution in [0.15, 0.2) is 22.7 Å². The van der Waals surface area contributed by atoms with Crippen molar-refractivity contribution in [3.8, 4) is 0 Å². The van der Waals surface area contributed by atoms with Crippen molar-refractivity contribution in [2.24, 2.45) is 5.92 Å². The van der Waals surface area contributed by atoms with Crippen LogP contribution in [0, 0.1) is 5.92 Å². The zero-order valence-corrected chi connectivity index (χ0v) is 15.2. The van der Waals surface area contributed by atoms with E-state index in [1.165, 1.54) is 41.4 Å². The molecule has 2 unspecified atom stereocenters. The molecule has 1 aromatic carbocycles. The zero-order valence-electron chi connectivity index (χ0n) is 13.7. The second-order valence-electron chi connectivity index (χ2n) is 6.56. The lowest BCUT2D eigenvalue weighted by molar-refractivity contribution is 0.117. The minimum absolute atomic E-state index is 0.707. The molecule has 0 saturated carbocycles. The molecule has 1 aromatic rings. The molecule has 1 aliphatic rings. The van der Waals surface area contributed by atoms with E-state index in [0.29, 0.717) is 6.04 Å². The van der Waals surface area contributed by atoms with Crippen molar-refractivity contribution in [3.63, 3.8) is 0 Å². The molecule has 2 atom stereocenters. The predicted molar refractivity (Wildman–Crippen MR) is 94.4 cm³/mol. The van der Waals surface area contributed by atoms with E-state index in [-0.39, 0.29) is 0 Å². The Morgan fingerprint density at radius 3 is 2.81 bits per heavy atom. The molecule has 0 amide bonds. The summed E-state index contributed by atoms with van der Waals surface area (Å²) in [6, 6.07) is 7.54. The average molecular weight is 353 g/mol. The highest BCUT2D eigenvalue weighted by molar-refractivity contribution is 9.10. The maximum atomic E-state index is 3.76. The Labute approximate surface area is 138 Å². The van der Waals surface area contributed by atoms with Crippen molar-refractivity contribution in [2.45, 2.75) is 59.2 Å². The first kappa shape index (κ1) is 17.0. The number of hydrogen-bond donors (Lipinski definition) is 1. The molecule has 1 N–H and O–H groups in total. The molecule has 1 saturated heterocycles. The fourth-order valence-corrected chi connectivity index (χ4v) is 3.61. The number of piperidine rings is 1. The smallest absolute Gasteiger partial charge is 0.0247 e. The quantitative estimate of drug-likeness (QED) is 0.754. The van der Waals surface area contributed by atoms with Gasteiger partial charge in [-0.05, 0) is 55.8 Å². The average Bonchev–Trinajstić information content (AvgIpc) is 2.46. The summed E-state index contributed by atoms with van der Waals surface area (Å²) in [5.74, 6) is 0.831. The third-order valence-corrected chi connectivity index (χ3v) is 5.23. The van der Waals surface area contributed by atoms with Gasteiger partial charge in [-0.3, -0.25) is 4.90 Å². The first-order valence-electron chi connectivity index (χ1n) is 8.32. The van der Waals surface area contributed by atoms with Crippen molar-refractivity contribution in [3.05, 3.63) is 33.8 Å². The van der Waals surface area contributed by atoms with Crippen molar-refractivity contribution in [1.82, 2.24) is 10.2 Å². The van der Waals surface area contributed by atoms with Crippen LogP contribution in [0.3, 0.4) is 0 Å². The van der Waals surface area contributed by atoms with Gasteiger partial charge in [-0.1, -0.05) is 41.9 Å². The van der Waals surface area contributed by atoms with Gasteiger partial charge in [0.05, 0.1) is 0 Å². The first-order valence-corrected chi connectivity index (χ1v) is 9.11. The molecular formula is C18H29BrN2. The highest BCUT2D eigenvalue weighted by Crippen LogP contribution is 2.26. The molecule has 0 aromatic heterocycles. The Balaban J connectivity index is 1.96. The fourth-order valence-electron chi connectivity index (χ4n) is 3.06. The summed E-state index contributed by atoms with van der Waals surface area (Å²) < 4.78 is 1.25. The van der Waals surface area contributed by atoms with Crippen LogP contribution in [0.2, 0.25) is 0 Å². The summed E-state index contributed by atoms with van der Waals surface area (Å²) in [5.41, 5.74) is 2.77. The van der Waals surface area contributed by atoms with Crippen LogP contribution in [0.1, 0.15) is 51.2 Å². The fraction of sp³-hybridized carbons (Fsp3) is 0.667. The van der Waals surface area contributed by atoms with E-state index in [9.17, 15) is 0 Å². The van der Waals surface area contributed by atoms with Crippen LogP contribution in [0.4, 0.5) is 0 Å². The zero-order chi connectivity index (χ0) is 15.2. The van der Waals surface area contributed by atoms with Crippen LogP contribution < -0.4 is 5.32 Å². The lowest BCUT2D eigenvalue weighted by Gasteiger charge is -2.37. The molecule has 21 heavy (non-hydrogen) atoms. The van der Waals surface area contributed by atoms with Gasteiger partial charge >= 0.3 is 0 Å². The van der Waals surface area contributed by atoms with E-state index in [1.807, 2.05) is 0 Å². The van der Waals surface area contributed by atoms with Gasteiger partial charge in [-0.15, -0.1) is 0 Å². The van der Waals surface area contributed by atoms with Crippen molar-refractivity contribution in [2.75, 3.05) is 13.1 Å². The number of nitrogens with one attached hydrogen (secondary N) is 1. The van der Waals surface area contributed by atoms with Gasteiger partial charge in [0.1, 0.15) is 0 Å². The molecule has 3 heteroatoms. The summed E-state index contributed by atoms with van der Waals surface area (Å²) in [6.45, 7) is 11.3. The van der Waals surface area contributed by atoms with Gasteiger partial charge in [-0.25, -0.2) is 0 Å². The van der Waals surface area contributed by atoms with Crippen LogP contribution in [0.5, 0.6) is 0 Å². The largest absolute Gasteiger partial charge is 0.313 e. The van der Waals surface area contributed by atoms with Gasteiger partial charge < -0.3 is 5.32 Å². The molecule has 118 valence electrons. The summed E-state index contributed by atoms with van der Waals surface area (Å²) >= 11 is 3.76. The van der Waals surface area contributed by atoms with Crippen molar-refractivity contribution in [1.29, 1.82) is 0 Å². The monoisotopic (exact) mass is 352 g/mol. The standard InChI is InChI=1S/C18H29BrN2/c1-4-9-20-11-16-7-8-17(18(19)10-16)13-21-12-14(2)5-6-15(21)3/h7-8,10,14-15,20H,4-6,9,11-13H2,1-3H3. The number of likely N-dealkylation sites (tertiary alicyclic amines) is 1. The molecule has 0 bridgehead atoms. The highest BCUT2D eigenvalue weighted by atomic mass is 79.9. The SMILES string of the molecule is CCCNCc1ccc(CN2CC(C)CCC2C)c(Br)c1. The minimum Gasteiger partial charge on any atom is -0.313 e. The van der Waals surface area contributed by atoms with Crippen LogP contribution in [-0.2, 0) is 13.1 Å².